The Morgan fingerprint density at radius 2 is 1.89 bits per heavy atom. The Morgan fingerprint density at radius 1 is 1.08 bits per heavy atom. The van der Waals surface area contributed by atoms with E-state index in [0.717, 1.165) is 46.6 Å². The number of benzene rings is 3. The molecule has 0 spiro atoms. The molecule has 0 fully saturated rings. The van der Waals surface area contributed by atoms with Crippen molar-refractivity contribution in [3.05, 3.63) is 126 Å². The maximum Gasteiger partial charge on any atom is 0.335 e. The molecule has 1 aliphatic heterocycles. The zero-order chi connectivity index (χ0) is 24.8. The summed E-state index contributed by atoms with van der Waals surface area (Å²) < 4.78 is 7.84. The molecule has 4 aromatic rings. The van der Waals surface area contributed by atoms with E-state index in [1.54, 1.807) is 42.0 Å². The topological polar surface area (TPSA) is 80.9 Å². The zero-order valence-electron chi connectivity index (χ0n) is 19.5. The number of carbonyl (C=O) groups is 1. The lowest BCUT2D eigenvalue weighted by atomic mass is 9.83. The molecule has 178 valence electrons. The minimum atomic E-state index is -0.981. The fourth-order valence-corrected chi connectivity index (χ4v) is 6.01. The van der Waals surface area contributed by atoms with Gasteiger partial charge in [-0.2, -0.15) is 0 Å². The molecule has 2 aliphatic rings. The van der Waals surface area contributed by atoms with Crippen molar-refractivity contribution in [3.63, 3.8) is 0 Å². The highest BCUT2D eigenvalue weighted by Crippen LogP contribution is 2.41. The summed E-state index contributed by atoms with van der Waals surface area (Å²) in [6, 6.07) is 22.4. The highest BCUT2D eigenvalue weighted by atomic mass is 32.1. The third-order valence-corrected chi connectivity index (χ3v) is 7.72. The number of hydrogen-bond acceptors (Lipinski definition) is 5. The van der Waals surface area contributed by atoms with Crippen LogP contribution in [-0.2, 0) is 6.42 Å². The van der Waals surface area contributed by atoms with Gasteiger partial charge in [-0.1, -0.05) is 59.9 Å². The highest BCUT2D eigenvalue weighted by Gasteiger charge is 2.32. The van der Waals surface area contributed by atoms with Gasteiger partial charge in [0, 0.05) is 5.56 Å². The molecular weight excluding hydrogens is 472 g/mol. The second-order valence-corrected chi connectivity index (χ2v) is 9.83. The van der Waals surface area contributed by atoms with Crippen LogP contribution in [0.1, 0.15) is 45.1 Å². The summed E-state index contributed by atoms with van der Waals surface area (Å²) in [6.45, 7) is 0. The summed E-state index contributed by atoms with van der Waals surface area (Å²) in [6.07, 6.45) is 3.51. The van der Waals surface area contributed by atoms with Gasteiger partial charge in [-0.15, -0.1) is 0 Å². The van der Waals surface area contributed by atoms with Crippen LogP contribution in [0.15, 0.2) is 88.2 Å². The average Bonchev–Trinajstić information content (AvgIpc) is 3.22. The van der Waals surface area contributed by atoms with Gasteiger partial charge < -0.3 is 9.84 Å². The van der Waals surface area contributed by atoms with E-state index >= 15 is 0 Å². The normalized spacial score (nSPS) is 16.6. The number of nitrogens with zero attached hydrogens (tertiary/aromatic N) is 2. The summed E-state index contributed by atoms with van der Waals surface area (Å²) in [5, 5.41) is 9.18. The monoisotopic (exact) mass is 494 g/mol. The van der Waals surface area contributed by atoms with Gasteiger partial charge in [-0.3, -0.25) is 9.36 Å². The molecule has 6 rings (SSSR count). The Labute approximate surface area is 210 Å². The van der Waals surface area contributed by atoms with Crippen molar-refractivity contribution in [1.29, 1.82) is 0 Å². The summed E-state index contributed by atoms with van der Waals surface area (Å²) in [4.78, 5) is 30.7. The average molecular weight is 495 g/mol. The van der Waals surface area contributed by atoms with Gasteiger partial charge in [0.05, 0.1) is 28.9 Å². The number of hydrogen-bond donors (Lipinski definition) is 1. The molecule has 36 heavy (non-hydrogen) atoms. The number of thiazole rings is 1. The number of aryl methyl sites for hydroxylation is 1. The molecule has 0 unspecified atom stereocenters. The molecule has 0 saturated heterocycles. The predicted molar refractivity (Wildman–Crippen MR) is 139 cm³/mol. The molecule has 6 nitrogen and oxygen atoms in total. The Morgan fingerprint density at radius 3 is 2.67 bits per heavy atom. The van der Waals surface area contributed by atoms with Gasteiger partial charge in [0.25, 0.3) is 5.56 Å². The molecule has 2 heterocycles. The first kappa shape index (κ1) is 22.2. The molecule has 1 aliphatic carbocycles. The van der Waals surface area contributed by atoms with Crippen LogP contribution in [-0.4, -0.2) is 22.8 Å². The number of allylic oxidation sites excluding steroid dienone is 1. The van der Waals surface area contributed by atoms with Gasteiger partial charge in [0.1, 0.15) is 5.75 Å². The van der Waals surface area contributed by atoms with Crippen molar-refractivity contribution in [3.8, 4) is 5.75 Å². The number of methoxy groups -OCH3 is 1. The fourth-order valence-electron chi connectivity index (χ4n) is 5.01. The molecule has 1 atom stereocenters. The van der Waals surface area contributed by atoms with Crippen LogP contribution in [0.25, 0.3) is 11.8 Å². The summed E-state index contributed by atoms with van der Waals surface area (Å²) in [5.74, 6) is -0.242. The highest BCUT2D eigenvalue weighted by molar-refractivity contribution is 7.07. The minimum absolute atomic E-state index is 0.112. The van der Waals surface area contributed by atoms with Crippen LogP contribution in [0.5, 0.6) is 5.75 Å². The molecule has 1 N–H and O–H groups in total. The second kappa shape index (κ2) is 8.77. The SMILES string of the molecule is COc1cccc([C@@H]2C3=C(N=c4s/c(=C/c5ccc(C(=O)O)cc5)c(=O)n42)c2ccccc2CC3)c1. The Bertz CT molecular complexity index is 1730. The van der Waals surface area contributed by atoms with Crippen molar-refractivity contribution in [2.75, 3.05) is 7.11 Å². The maximum absolute atomic E-state index is 13.8. The Kier molecular flexibility index (Phi) is 5.42. The van der Waals surface area contributed by atoms with E-state index in [1.807, 2.05) is 30.3 Å². The second-order valence-electron chi connectivity index (χ2n) is 8.82. The first-order chi connectivity index (χ1) is 17.5. The number of carboxylic acid groups (broad SMARTS) is 1. The van der Waals surface area contributed by atoms with E-state index in [0.29, 0.717) is 9.33 Å². The first-order valence-corrected chi connectivity index (χ1v) is 12.5. The maximum atomic E-state index is 13.8. The van der Waals surface area contributed by atoms with Gasteiger partial charge in [0.15, 0.2) is 4.80 Å². The molecule has 0 amide bonds. The van der Waals surface area contributed by atoms with Crippen LogP contribution in [0.3, 0.4) is 0 Å². The lowest BCUT2D eigenvalue weighted by Crippen LogP contribution is -2.38. The van der Waals surface area contributed by atoms with Gasteiger partial charge in [-0.25, -0.2) is 9.79 Å². The van der Waals surface area contributed by atoms with Gasteiger partial charge in [-0.05, 0) is 65.4 Å². The molecule has 7 heteroatoms. The van der Waals surface area contributed by atoms with Crippen molar-refractivity contribution in [2.24, 2.45) is 4.99 Å². The Hall–Kier alpha value is -4.23. The predicted octanol–water partition coefficient (Wildman–Crippen LogP) is 4.03. The van der Waals surface area contributed by atoms with E-state index in [-0.39, 0.29) is 17.2 Å². The van der Waals surface area contributed by atoms with Crippen LogP contribution < -0.4 is 19.6 Å². The number of ether oxygens (including phenoxy) is 1. The summed E-state index contributed by atoms with van der Waals surface area (Å²) in [5.41, 5.74) is 6.30. The summed E-state index contributed by atoms with van der Waals surface area (Å²) >= 11 is 1.35. The minimum Gasteiger partial charge on any atom is -0.497 e. The van der Waals surface area contributed by atoms with Crippen molar-refractivity contribution in [1.82, 2.24) is 4.57 Å². The van der Waals surface area contributed by atoms with Crippen LogP contribution >= 0.6 is 11.3 Å². The molecular formula is C29H22N2O4S. The lowest BCUT2D eigenvalue weighted by Gasteiger charge is -2.31. The quantitative estimate of drug-likeness (QED) is 0.465. The molecule has 0 bridgehead atoms. The number of rotatable bonds is 4. The van der Waals surface area contributed by atoms with E-state index in [9.17, 15) is 14.7 Å². The molecule has 3 aromatic carbocycles. The van der Waals surface area contributed by atoms with Crippen molar-refractivity contribution >= 4 is 29.1 Å². The van der Waals surface area contributed by atoms with Crippen LogP contribution in [0.2, 0.25) is 0 Å². The first-order valence-electron chi connectivity index (χ1n) is 11.6. The van der Waals surface area contributed by atoms with Gasteiger partial charge >= 0.3 is 5.97 Å². The zero-order valence-corrected chi connectivity index (χ0v) is 20.3. The van der Waals surface area contributed by atoms with Gasteiger partial charge in [0.2, 0.25) is 0 Å². The lowest BCUT2D eigenvalue weighted by molar-refractivity contribution is 0.0697. The number of aromatic nitrogens is 1. The van der Waals surface area contributed by atoms with E-state index in [4.69, 9.17) is 9.73 Å². The number of fused-ring (bicyclic) bond motifs is 3. The van der Waals surface area contributed by atoms with E-state index < -0.39 is 5.97 Å². The standard InChI is InChI=1S/C29H22N2O4S/c1-35-21-7-4-6-20(16-21)26-23-14-13-18-5-2-3-8-22(18)25(23)30-29-31(26)27(32)24(36-29)15-17-9-11-19(12-10-17)28(33)34/h2-12,15-16,26H,13-14H2,1H3,(H,33,34)/b24-15+/t26-/m1/s1. The summed E-state index contributed by atoms with van der Waals surface area (Å²) in [7, 11) is 1.64. The molecule has 0 radical (unpaired) electrons. The van der Waals surface area contributed by atoms with Crippen molar-refractivity contribution < 1.29 is 14.6 Å². The third-order valence-electron chi connectivity index (χ3n) is 6.74. The van der Waals surface area contributed by atoms with Crippen LogP contribution in [0.4, 0.5) is 0 Å². The molecule has 1 aromatic heterocycles. The largest absolute Gasteiger partial charge is 0.497 e. The van der Waals surface area contributed by atoms with Crippen molar-refractivity contribution in [2.45, 2.75) is 18.9 Å². The van der Waals surface area contributed by atoms with E-state index in [1.165, 1.54) is 16.9 Å². The third kappa shape index (κ3) is 3.69. The molecule has 0 saturated carbocycles. The number of carboxylic acids is 1. The Balaban J connectivity index is 1.58. The number of aromatic carboxylic acids is 1. The van der Waals surface area contributed by atoms with E-state index in [2.05, 4.69) is 18.2 Å². The smallest absolute Gasteiger partial charge is 0.335 e. The van der Waals surface area contributed by atoms with Crippen LogP contribution in [0, 0.1) is 0 Å². The fraction of sp³-hybridized carbons (Fsp3) is 0.138.